The Morgan fingerprint density at radius 3 is 1.91 bits per heavy atom. The van der Waals surface area contributed by atoms with Crippen molar-refractivity contribution in [3.63, 3.8) is 0 Å². The number of hydrogen-bond donors (Lipinski definition) is 2. The molecule has 0 aliphatic rings. The maximum atomic E-state index is 13.4. The van der Waals surface area contributed by atoms with Gasteiger partial charge >= 0.3 is 5.97 Å². The predicted octanol–water partition coefficient (Wildman–Crippen LogP) is 1.94. The Balaban J connectivity index is 2.27. The van der Waals surface area contributed by atoms with E-state index in [1.54, 1.807) is 7.05 Å². The molecule has 7 heteroatoms. The molecule has 0 radical (unpaired) electrons. The van der Waals surface area contributed by atoms with Crippen LogP contribution in [0.5, 0.6) is 0 Å². The number of nitrogens with zero attached hydrogens (tertiary/aromatic N) is 1. The van der Waals surface area contributed by atoms with E-state index in [0.29, 0.717) is 6.42 Å². The molecule has 0 heterocycles. The Labute approximate surface area is 189 Å². The topological polar surface area (TPSA) is 102 Å². The first-order valence-corrected chi connectivity index (χ1v) is 10.7. The minimum atomic E-state index is -0.879. The molecule has 0 unspecified atom stereocenters. The van der Waals surface area contributed by atoms with Crippen LogP contribution in [0.1, 0.15) is 25.0 Å². The number of carbonyl (C=O) groups is 3. The quantitative estimate of drug-likeness (QED) is 0.551. The van der Waals surface area contributed by atoms with Crippen LogP contribution in [-0.2, 0) is 32.0 Å². The average Bonchev–Trinajstić information content (AvgIpc) is 2.81. The molecule has 2 aromatic rings. The van der Waals surface area contributed by atoms with Gasteiger partial charge in [-0.25, -0.2) is 4.79 Å². The molecule has 0 aromatic heterocycles. The first-order chi connectivity index (χ1) is 15.2. The molecule has 2 aromatic carbocycles. The van der Waals surface area contributed by atoms with Gasteiger partial charge in [-0.2, -0.15) is 0 Å². The van der Waals surface area contributed by atoms with Crippen LogP contribution < -0.4 is 11.1 Å². The van der Waals surface area contributed by atoms with Gasteiger partial charge in [0, 0.05) is 19.9 Å². The van der Waals surface area contributed by atoms with Crippen LogP contribution in [0.15, 0.2) is 60.7 Å². The SMILES string of the molecule is COC(=O)[C@H](Cc1ccccc1)NC(=O)[C@@H](Cc1ccccc1)N(C)C(=O)[C@@H](N)C(C)C. The zero-order valence-corrected chi connectivity index (χ0v) is 19.2. The molecule has 0 spiro atoms. The van der Waals surface area contributed by atoms with Crippen LogP contribution in [0.2, 0.25) is 0 Å². The fraction of sp³-hybridized carbons (Fsp3) is 0.400. The number of likely N-dealkylation sites (N-methyl/N-ethyl adjacent to an activating group) is 1. The molecule has 0 aliphatic carbocycles. The van der Waals surface area contributed by atoms with E-state index < -0.39 is 30.0 Å². The van der Waals surface area contributed by atoms with Gasteiger partial charge in [-0.1, -0.05) is 74.5 Å². The van der Waals surface area contributed by atoms with E-state index in [1.165, 1.54) is 12.0 Å². The summed E-state index contributed by atoms with van der Waals surface area (Å²) in [7, 11) is 2.85. The molecule has 0 fully saturated rings. The van der Waals surface area contributed by atoms with E-state index in [-0.39, 0.29) is 18.2 Å². The summed E-state index contributed by atoms with van der Waals surface area (Å²) in [5, 5.41) is 2.79. The van der Waals surface area contributed by atoms with E-state index >= 15 is 0 Å². The van der Waals surface area contributed by atoms with E-state index in [2.05, 4.69) is 5.32 Å². The number of amides is 2. The first-order valence-electron chi connectivity index (χ1n) is 10.7. The highest BCUT2D eigenvalue weighted by Crippen LogP contribution is 2.13. The van der Waals surface area contributed by atoms with Crippen LogP contribution in [0.25, 0.3) is 0 Å². The highest BCUT2D eigenvalue weighted by Gasteiger charge is 2.33. The summed E-state index contributed by atoms with van der Waals surface area (Å²) in [5.41, 5.74) is 7.84. The normalized spacial score (nSPS) is 13.7. The molecule has 0 bridgehead atoms. The van der Waals surface area contributed by atoms with Crippen LogP contribution >= 0.6 is 0 Å². The van der Waals surface area contributed by atoms with Crippen molar-refractivity contribution in [2.45, 2.75) is 44.8 Å². The number of nitrogens with two attached hydrogens (primary N) is 1. The second-order valence-electron chi connectivity index (χ2n) is 8.20. The molecule has 7 nitrogen and oxygen atoms in total. The van der Waals surface area contributed by atoms with Gasteiger partial charge < -0.3 is 20.7 Å². The van der Waals surface area contributed by atoms with Crippen LogP contribution in [-0.4, -0.2) is 55.0 Å². The number of carbonyl (C=O) groups excluding carboxylic acids is 3. The number of ether oxygens (including phenoxy) is 1. The molecular weight excluding hydrogens is 406 g/mol. The Kier molecular flexibility index (Phi) is 9.40. The van der Waals surface area contributed by atoms with E-state index in [9.17, 15) is 14.4 Å². The lowest BCUT2D eigenvalue weighted by Crippen LogP contribution is -2.57. The maximum Gasteiger partial charge on any atom is 0.328 e. The summed E-state index contributed by atoms with van der Waals surface area (Å²) >= 11 is 0. The standard InChI is InChI=1S/C25H33N3O4/c1-17(2)22(26)24(30)28(3)21(16-19-13-9-6-10-14-19)23(29)27-20(25(31)32-4)15-18-11-7-5-8-12-18/h5-14,17,20-22H,15-16,26H2,1-4H3,(H,27,29)/t20-,21+,22-/m0/s1. The molecule has 0 saturated heterocycles. The zero-order valence-electron chi connectivity index (χ0n) is 19.2. The van der Waals surface area contributed by atoms with Crippen molar-refractivity contribution in [3.8, 4) is 0 Å². The van der Waals surface area contributed by atoms with Gasteiger partial charge in [-0.15, -0.1) is 0 Å². The number of hydrogen-bond acceptors (Lipinski definition) is 5. The van der Waals surface area contributed by atoms with Crippen molar-refractivity contribution in [1.29, 1.82) is 0 Å². The second-order valence-corrected chi connectivity index (χ2v) is 8.20. The molecule has 2 rings (SSSR count). The predicted molar refractivity (Wildman–Crippen MR) is 124 cm³/mol. The summed E-state index contributed by atoms with van der Waals surface area (Å²) in [6, 6.07) is 16.3. The Hall–Kier alpha value is -3.19. The Morgan fingerprint density at radius 2 is 1.44 bits per heavy atom. The van der Waals surface area contributed by atoms with E-state index in [0.717, 1.165) is 11.1 Å². The minimum Gasteiger partial charge on any atom is -0.467 e. The largest absolute Gasteiger partial charge is 0.467 e. The summed E-state index contributed by atoms with van der Waals surface area (Å²) in [6.45, 7) is 3.71. The van der Waals surface area contributed by atoms with Crippen molar-refractivity contribution in [2.24, 2.45) is 11.7 Å². The molecule has 0 aliphatic heterocycles. The van der Waals surface area contributed by atoms with Gasteiger partial charge in [0.15, 0.2) is 0 Å². The van der Waals surface area contributed by atoms with Crippen molar-refractivity contribution < 1.29 is 19.1 Å². The van der Waals surface area contributed by atoms with E-state index in [1.807, 2.05) is 74.5 Å². The van der Waals surface area contributed by atoms with Gasteiger partial charge in [-0.3, -0.25) is 9.59 Å². The molecule has 2 amide bonds. The first kappa shape index (κ1) is 25.1. The summed E-state index contributed by atoms with van der Waals surface area (Å²) < 4.78 is 4.91. The van der Waals surface area contributed by atoms with Crippen LogP contribution in [0.4, 0.5) is 0 Å². The highest BCUT2D eigenvalue weighted by atomic mass is 16.5. The summed E-state index contributed by atoms with van der Waals surface area (Å²) in [4.78, 5) is 40.0. The summed E-state index contributed by atoms with van der Waals surface area (Å²) in [5.74, 6) is -1.39. The number of benzene rings is 2. The molecule has 0 saturated carbocycles. The molecule has 3 N–H and O–H groups in total. The van der Waals surface area contributed by atoms with Gasteiger partial charge in [-0.05, 0) is 17.0 Å². The number of esters is 1. The van der Waals surface area contributed by atoms with Crippen molar-refractivity contribution in [3.05, 3.63) is 71.8 Å². The lowest BCUT2D eigenvalue weighted by molar-refractivity contribution is -0.146. The van der Waals surface area contributed by atoms with Crippen molar-refractivity contribution in [1.82, 2.24) is 10.2 Å². The van der Waals surface area contributed by atoms with Crippen LogP contribution in [0, 0.1) is 5.92 Å². The molecule has 172 valence electrons. The number of rotatable bonds is 10. The Morgan fingerprint density at radius 1 is 0.938 bits per heavy atom. The number of nitrogens with one attached hydrogen (secondary N) is 1. The smallest absolute Gasteiger partial charge is 0.328 e. The highest BCUT2D eigenvalue weighted by molar-refractivity contribution is 5.92. The fourth-order valence-electron chi connectivity index (χ4n) is 3.37. The fourth-order valence-corrected chi connectivity index (χ4v) is 3.37. The van der Waals surface area contributed by atoms with Gasteiger partial charge in [0.2, 0.25) is 11.8 Å². The number of methoxy groups -OCH3 is 1. The van der Waals surface area contributed by atoms with Gasteiger partial charge in [0.25, 0.3) is 0 Å². The minimum absolute atomic E-state index is 0.0775. The molecular formula is C25H33N3O4. The van der Waals surface area contributed by atoms with Crippen molar-refractivity contribution in [2.75, 3.05) is 14.2 Å². The molecule has 3 atom stereocenters. The summed E-state index contributed by atoms with van der Waals surface area (Å²) in [6.07, 6.45) is 0.569. The third-order valence-corrected chi connectivity index (χ3v) is 5.48. The van der Waals surface area contributed by atoms with Crippen molar-refractivity contribution >= 4 is 17.8 Å². The second kappa shape index (κ2) is 12.0. The molecule has 32 heavy (non-hydrogen) atoms. The van der Waals surface area contributed by atoms with Crippen LogP contribution in [0.3, 0.4) is 0 Å². The van der Waals surface area contributed by atoms with E-state index in [4.69, 9.17) is 10.5 Å². The van der Waals surface area contributed by atoms with Gasteiger partial charge in [0.1, 0.15) is 12.1 Å². The lowest BCUT2D eigenvalue weighted by atomic mass is 9.99. The van der Waals surface area contributed by atoms with Gasteiger partial charge in [0.05, 0.1) is 13.2 Å². The third-order valence-electron chi connectivity index (χ3n) is 5.48. The lowest BCUT2D eigenvalue weighted by Gasteiger charge is -2.31. The average molecular weight is 440 g/mol. The Bertz CT molecular complexity index is 887. The maximum absolute atomic E-state index is 13.4. The third kappa shape index (κ3) is 6.92. The monoisotopic (exact) mass is 439 g/mol. The zero-order chi connectivity index (χ0) is 23.7.